The van der Waals surface area contributed by atoms with Gasteiger partial charge in [0.25, 0.3) is 0 Å². The topological polar surface area (TPSA) is 105 Å². The van der Waals surface area contributed by atoms with Gasteiger partial charge in [0.05, 0.1) is 50.1 Å². The standard InChI is InChI=1S/C42H56N2O8.2ClH/c1-5-39(45)49-33-15-7-27(8-16-33)25-43(3)29-11-12-30(43)22-35(21-29)51-41(47)37-19-20-38(37)42(48)52-36-23-31-13-14-32(24-36)44(31,4)26-28-9-17-34(18-10-28)50-40(46)6-2;;/h7-10,15-18,29-32,35-38H,5-6,11-14,19-26H2,1-4H3;2*1H/q+2;;/p-2/t29-,30+,31-,32+,35?,36?,37?,38?,43?,44?;;. The lowest BCUT2D eigenvalue weighted by molar-refractivity contribution is -0.961. The van der Waals surface area contributed by atoms with Gasteiger partial charge in [-0.15, -0.1) is 0 Å². The molecule has 10 nitrogen and oxygen atoms in total. The van der Waals surface area contributed by atoms with Gasteiger partial charge in [-0.3, -0.25) is 19.2 Å². The van der Waals surface area contributed by atoms with E-state index in [9.17, 15) is 19.2 Å². The molecular weight excluding hydrogens is 731 g/mol. The van der Waals surface area contributed by atoms with Crippen LogP contribution >= 0.6 is 0 Å². The van der Waals surface area contributed by atoms with E-state index < -0.39 is 11.8 Å². The van der Waals surface area contributed by atoms with Gasteiger partial charge in [-0.25, -0.2) is 0 Å². The van der Waals surface area contributed by atoms with Crippen molar-refractivity contribution in [2.75, 3.05) is 14.1 Å². The first-order valence-corrected chi connectivity index (χ1v) is 19.7. The molecule has 0 aromatic heterocycles. The van der Waals surface area contributed by atoms with E-state index in [-0.39, 0.29) is 60.9 Å². The predicted molar refractivity (Wildman–Crippen MR) is 193 cm³/mol. The van der Waals surface area contributed by atoms with Gasteiger partial charge in [0, 0.05) is 75.3 Å². The molecule has 5 aliphatic rings. The van der Waals surface area contributed by atoms with E-state index in [1.54, 1.807) is 13.8 Å². The summed E-state index contributed by atoms with van der Waals surface area (Å²) in [5, 5.41) is 0. The predicted octanol–water partition coefficient (Wildman–Crippen LogP) is 0.418. The molecule has 4 bridgehead atoms. The molecule has 12 heteroatoms. The van der Waals surface area contributed by atoms with Crippen LogP contribution < -0.4 is 34.3 Å². The van der Waals surface area contributed by atoms with Crippen molar-refractivity contribution in [3.8, 4) is 11.5 Å². The maximum atomic E-state index is 13.5. The summed E-state index contributed by atoms with van der Waals surface area (Å²) in [6.07, 6.45) is 9.63. The number of benzene rings is 2. The Morgan fingerprint density at radius 2 is 0.852 bits per heavy atom. The quantitative estimate of drug-likeness (QED) is 0.174. The molecule has 296 valence electrons. The molecule has 0 radical (unpaired) electrons. The van der Waals surface area contributed by atoms with Crippen molar-refractivity contribution in [3.63, 3.8) is 0 Å². The van der Waals surface area contributed by atoms with Gasteiger partial charge in [0.1, 0.15) is 36.8 Å². The normalized spacial score (nSPS) is 33.3. The summed E-state index contributed by atoms with van der Waals surface area (Å²) in [5.74, 6) is -0.593. The van der Waals surface area contributed by atoms with Gasteiger partial charge in [-0.2, -0.15) is 0 Å². The lowest BCUT2D eigenvalue weighted by atomic mass is 9.73. The monoisotopic (exact) mass is 786 g/mol. The fourth-order valence-corrected chi connectivity index (χ4v) is 10.2. The number of carbonyl (C=O) groups is 4. The minimum atomic E-state index is -0.408. The van der Waals surface area contributed by atoms with Crippen LogP contribution in [0.3, 0.4) is 0 Å². The van der Waals surface area contributed by atoms with Crippen LogP contribution in [0.15, 0.2) is 48.5 Å². The van der Waals surface area contributed by atoms with E-state index in [1.165, 1.54) is 11.1 Å². The minimum Gasteiger partial charge on any atom is -1.00 e. The zero-order valence-electron chi connectivity index (χ0n) is 32.1. The first kappa shape index (κ1) is 42.0. The fraction of sp³-hybridized carbons (Fsp3) is 0.619. The van der Waals surface area contributed by atoms with E-state index in [4.69, 9.17) is 18.9 Å². The van der Waals surface area contributed by atoms with Crippen molar-refractivity contribution in [1.82, 2.24) is 0 Å². The van der Waals surface area contributed by atoms with Crippen molar-refractivity contribution in [1.29, 1.82) is 0 Å². The number of halogens is 2. The van der Waals surface area contributed by atoms with Crippen LogP contribution in [0.25, 0.3) is 0 Å². The number of fused-ring (bicyclic) bond motifs is 4. The zero-order valence-corrected chi connectivity index (χ0v) is 33.6. The van der Waals surface area contributed by atoms with Gasteiger partial charge in [0.2, 0.25) is 0 Å². The Labute approximate surface area is 332 Å². The van der Waals surface area contributed by atoms with Crippen LogP contribution in [0.2, 0.25) is 0 Å². The summed E-state index contributed by atoms with van der Waals surface area (Å²) in [7, 11) is 4.65. The van der Waals surface area contributed by atoms with Crippen LogP contribution in [-0.4, -0.2) is 83.3 Å². The molecule has 7 rings (SSSR count). The molecule has 0 amide bonds. The molecule has 1 aliphatic carbocycles. The van der Waals surface area contributed by atoms with Crippen molar-refractivity contribution >= 4 is 23.9 Å². The van der Waals surface area contributed by atoms with Crippen LogP contribution in [0.5, 0.6) is 11.5 Å². The van der Waals surface area contributed by atoms with Crippen molar-refractivity contribution in [2.45, 2.75) is 140 Å². The molecule has 0 N–H and O–H groups in total. The van der Waals surface area contributed by atoms with Crippen LogP contribution in [0, 0.1) is 11.8 Å². The summed E-state index contributed by atoms with van der Waals surface area (Å²) in [6.45, 7) is 5.35. The third kappa shape index (κ3) is 8.62. The highest BCUT2D eigenvalue weighted by Gasteiger charge is 2.55. The average molecular weight is 788 g/mol. The number of piperidine rings is 2. The second-order valence-corrected chi connectivity index (χ2v) is 16.6. The van der Waals surface area contributed by atoms with E-state index in [0.29, 0.717) is 61.3 Å². The zero-order chi connectivity index (χ0) is 36.6. The lowest BCUT2D eigenvalue weighted by Gasteiger charge is -2.47. The molecule has 4 aliphatic heterocycles. The molecular formula is C42H56Cl2N2O8. The molecule has 5 fully saturated rings. The average Bonchev–Trinajstić information content (AvgIpc) is 3.33. The second kappa shape index (κ2) is 17.3. The van der Waals surface area contributed by atoms with E-state index in [1.807, 2.05) is 24.3 Å². The van der Waals surface area contributed by atoms with Crippen LogP contribution in [-0.2, 0) is 41.7 Å². The Morgan fingerprint density at radius 1 is 0.537 bits per heavy atom. The SMILES string of the molecule is CCC(=O)Oc1ccc(C[N+]2(C)[C@@H]3CC[C@H]2CC(OC(=O)C2CCC2C(=O)OC2C[C@H]4CC[C@@H](C2)[N+]4(C)Cc2ccc(OC(=O)CC)cc2)C3)cc1.[Cl-].[Cl-]. The maximum Gasteiger partial charge on any atom is 0.310 e. The number of hydrogen-bond acceptors (Lipinski definition) is 8. The summed E-state index contributed by atoms with van der Waals surface area (Å²) in [4.78, 5) is 50.3. The van der Waals surface area contributed by atoms with Crippen molar-refractivity contribution in [2.24, 2.45) is 11.8 Å². The van der Waals surface area contributed by atoms with Gasteiger partial charge in [-0.05, 0) is 61.4 Å². The van der Waals surface area contributed by atoms with Gasteiger partial charge >= 0.3 is 23.9 Å². The summed E-state index contributed by atoms with van der Waals surface area (Å²) < 4.78 is 24.9. The minimum absolute atomic E-state index is 0. The number of ether oxygens (including phenoxy) is 4. The molecule has 2 aromatic carbocycles. The molecule has 10 atom stereocenters. The van der Waals surface area contributed by atoms with Crippen LogP contribution in [0.4, 0.5) is 0 Å². The van der Waals surface area contributed by atoms with Gasteiger partial charge in [0.15, 0.2) is 0 Å². The Hall–Kier alpha value is -3.18. The molecule has 54 heavy (non-hydrogen) atoms. The highest BCUT2D eigenvalue weighted by molar-refractivity contribution is 5.84. The Bertz CT molecular complexity index is 1500. The number of rotatable bonds is 12. The third-order valence-electron chi connectivity index (χ3n) is 13.5. The molecule has 4 saturated heterocycles. The number of esters is 4. The highest BCUT2D eigenvalue weighted by Crippen LogP contribution is 2.46. The van der Waals surface area contributed by atoms with E-state index >= 15 is 0 Å². The van der Waals surface area contributed by atoms with E-state index in [0.717, 1.165) is 73.4 Å². The lowest BCUT2D eigenvalue weighted by Crippen LogP contribution is -3.00. The van der Waals surface area contributed by atoms with Crippen molar-refractivity contribution < 1.29 is 71.9 Å². The Kier molecular flexibility index (Phi) is 13.5. The third-order valence-corrected chi connectivity index (χ3v) is 13.5. The molecule has 4 heterocycles. The fourth-order valence-electron chi connectivity index (χ4n) is 10.2. The second-order valence-electron chi connectivity index (χ2n) is 16.6. The number of nitrogens with zero attached hydrogens (tertiary/aromatic N) is 2. The summed E-state index contributed by atoms with van der Waals surface area (Å²) in [6, 6.07) is 17.3. The summed E-state index contributed by atoms with van der Waals surface area (Å²) >= 11 is 0. The largest absolute Gasteiger partial charge is 1.00 e. The van der Waals surface area contributed by atoms with Gasteiger partial charge in [-0.1, -0.05) is 13.8 Å². The van der Waals surface area contributed by atoms with Crippen molar-refractivity contribution in [3.05, 3.63) is 59.7 Å². The Morgan fingerprint density at radius 3 is 1.13 bits per heavy atom. The smallest absolute Gasteiger partial charge is 0.310 e. The molecule has 1 saturated carbocycles. The Balaban J connectivity index is 0.00000280. The number of quaternary nitrogens is 2. The van der Waals surface area contributed by atoms with Crippen LogP contribution in [0.1, 0.15) is 102 Å². The highest BCUT2D eigenvalue weighted by atomic mass is 35.5. The first-order valence-electron chi connectivity index (χ1n) is 19.7. The van der Waals surface area contributed by atoms with Gasteiger partial charge < -0.3 is 52.7 Å². The molecule has 2 aromatic rings. The summed E-state index contributed by atoms with van der Waals surface area (Å²) in [5.41, 5.74) is 2.42. The van der Waals surface area contributed by atoms with E-state index in [2.05, 4.69) is 38.4 Å². The molecule has 0 spiro atoms. The molecule has 6 unspecified atom stereocenters. The maximum absolute atomic E-state index is 13.5. The number of carbonyl (C=O) groups excluding carboxylic acids is 4. The first-order chi connectivity index (χ1) is 25.0. The number of hydrogen-bond donors (Lipinski definition) is 0.